The summed E-state index contributed by atoms with van der Waals surface area (Å²) in [5, 5.41) is 9.00. The van der Waals surface area contributed by atoms with E-state index in [9.17, 15) is 14.0 Å². The van der Waals surface area contributed by atoms with Gasteiger partial charge in [-0.2, -0.15) is 0 Å². The summed E-state index contributed by atoms with van der Waals surface area (Å²) in [4.78, 5) is 24.3. The van der Waals surface area contributed by atoms with Crippen LogP contribution in [0.1, 0.15) is 19.4 Å². The second-order valence-electron chi connectivity index (χ2n) is 4.73. The molecule has 1 N–H and O–H groups in total. The number of carbonyl (C=O) groups excluding carboxylic acids is 1. The lowest BCUT2D eigenvalue weighted by Crippen LogP contribution is -2.43. The van der Waals surface area contributed by atoms with Crippen molar-refractivity contribution in [1.82, 2.24) is 0 Å². The lowest BCUT2D eigenvalue weighted by molar-refractivity contribution is -0.152. The maximum absolute atomic E-state index is 13.1. The highest BCUT2D eigenvalue weighted by molar-refractivity contribution is 6.08. The van der Waals surface area contributed by atoms with E-state index in [2.05, 4.69) is 0 Å². The molecule has 1 amide bonds. The molecule has 0 unspecified atom stereocenters. The van der Waals surface area contributed by atoms with E-state index in [1.54, 1.807) is 6.92 Å². The molecule has 0 spiro atoms. The maximum atomic E-state index is 13.1. The van der Waals surface area contributed by atoms with E-state index in [1.165, 1.54) is 44.0 Å². The molecule has 98 valence electrons. The SMILES string of the molecule is Cc1cc(N(C)C(=O)C(C)(C)C(=O)O)ccc1F. The highest BCUT2D eigenvalue weighted by atomic mass is 19.1. The number of carbonyl (C=O) groups is 2. The van der Waals surface area contributed by atoms with Crippen LogP contribution in [0.15, 0.2) is 18.2 Å². The summed E-state index contributed by atoms with van der Waals surface area (Å²) in [7, 11) is 1.47. The van der Waals surface area contributed by atoms with E-state index in [-0.39, 0.29) is 5.82 Å². The number of carboxylic acid groups (broad SMARTS) is 1. The third kappa shape index (κ3) is 2.50. The number of aliphatic carboxylic acids is 1. The van der Waals surface area contributed by atoms with E-state index >= 15 is 0 Å². The van der Waals surface area contributed by atoms with Gasteiger partial charge >= 0.3 is 5.97 Å². The number of halogens is 1. The standard InChI is InChI=1S/C13H16FNO3/c1-8-7-9(5-6-10(8)14)15(4)11(16)13(2,3)12(17)18/h5-7H,1-4H3,(H,17,18). The van der Waals surface area contributed by atoms with Crippen molar-refractivity contribution in [3.05, 3.63) is 29.6 Å². The fraction of sp³-hybridized carbons (Fsp3) is 0.385. The molecule has 5 heteroatoms. The lowest BCUT2D eigenvalue weighted by atomic mass is 9.92. The Kier molecular flexibility index (Phi) is 3.74. The second kappa shape index (κ2) is 4.76. The number of rotatable bonds is 3. The first-order valence-electron chi connectivity index (χ1n) is 5.45. The van der Waals surface area contributed by atoms with Gasteiger partial charge in [0.2, 0.25) is 5.91 Å². The Hall–Kier alpha value is -1.91. The van der Waals surface area contributed by atoms with Crippen LogP contribution in [0.3, 0.4) is 0 Å². The molecule has 0 radical (unpaired) electrons. The minimum atomic E-state index is -1.52. The van der Waals surface area contributed by atoms with Crippen LogP contribution < -0.4 is 4.90 Å². The summed E-state index contributed by atoms with van der Waals surface area (Å²) in [6.07, 6.45) is 0. The van der Waals surface area contributed by atoms with Gasteiger partial charge in [-0.3, -0.25) is 9.59 Å². The summed E-state index contributed by atoms with van der Waals surface area (Å²) >= 11 is 0. The molecule has 0 atom stereocenters. The Morgan fingerprint density at radius 2 is 1.89 bits per heavy atom. The monoisotopic (exact) mass is 253 g/mol. The molecule has 0 heterocycles. The summed E-state index contributed by atoms with van der Waals surface area (Å²) in [5.74, 6) is -2.11. The van der Waals surface area contributed by atoms with Crippen LogP contribution in [0, 0.1) is 18.2 Å². The number of nitrogens with zero attached hydrogens (tertiary/aromatic N) is 1. The fourth-order valence-electron chi connectivity index (χ4n) is 1.47. The van der Waals surface area contributed by atoms with Crippen LogP contribution in [-0.4, -0.2) is 24.0 Å². The van der Waals surface area contributed by atoms with Crippen LogP contribution in [-0.2, 0) is 9.59 Å². The molecule has 18 heavy (non-hydrogen) atoms. The smallest absolute Gasteiger partial charge is 0.318 e. The molecule has 1 rings (SSSR count). The third-order valence-corrected chi connectivity index (χ3v) is 2.90. The van der Waals surface area contributed by atoms with E-state index in [0.29, 0.717) is 11.3 Å². The Balaban J connectivity index is 3.07. The van der Waals surface area contributed by atoms with Gasteiger partial charge in [0.1, 0.15) is 11.2 Å². The van der Waals surface area contributed by atoms with E-state index in [4.69, 9.17) is 5.11 Å². The minimum Gasteiger partial charge on any atom is -0.480 e. The van der Waals surface area contributed by atoms with Crippen molar-refractivity contribution in [2.75, 3.05) is 11.9 Å². The molecular formula is C13H16FNO3. The Bertz CT molecular complexity index is 497. The predicted octanol–water partition coefficient (Wildman–Crippen LogP) is 2.21. The van der Waals surface area contributed by atoms with Gasteiger partial charge < -0.3 is 10.0 Å². The van der Waals surface area contributed by atoms with Crippen LogP contribution in [0.5, 0.6) is 0 Å². The first kappa shape index (κ1) is 14.2. The van der Waals surface area contributed by atoms with Gasteiger partial charge in [-0.25, -0.2) is 4.39 Å². The van der Waals surface area contributed by atoms with E-state index < -0.39 is 17.3 Å². The van der Waals surface area contributed by atoms with Crippen LogP contribution >= 0.6 is 0 Å². The largest absolute Gasteiger partial charge is 0.480 e. The van der Waals surface area contributed by atoms with E-state index in [1.807, 2.05) is 0 Å². The number of aryl methyl sites for hydroxylation is 1. The van der Waals surface area contributed by atoms with Crippen molar-refractivity contribution in [2.24, 2.45) is 5.41 Å². The predicted molar refractivity (Wildman–Crippen MR) is 66.0 cm³/mol. The van der Waals surface area contributed by atoms with Crippen LogP contribution in [0.2, 0.25) is 0 Å². The van der Waals surface area contributed by atoms with Gasteiger partial charge in [-0.15, -0.1) is 0 Å². The first-order valence-corrected chi connectivity index (χ1v) is 5.45. The Morgan fingerprint density at radius 3 is 2.33 bits per heavy atom. The molecule has 0 aliphatic rings. The lowest BCUT2D eigenvalue weighted by Gasteiger charge is -2.26. The maximum Gasteiger partial charge on any atom is 0.318 e. The van der Waals surface area contributed by atoms with Crippen molar-refractivity contribution in [2.45, 2.75) is 20.8 Å². The number of benzene rings is 1. The quantitative estimate of drug-likeness (QED) is 0.840. The molecule has 0 saturated heterocycles. The minimum absolute atomic E-state index is 0.364. The van der Waals surface area contributed by atoms with Crippen molar-refractivity contribution in [3.8, 4) is 0 Å². The summed E-state index contributed by atoms with van der Waals surface area (Å²) < 4.78 is 13.1. The fourth-order valence-corrected chi connectivity index (χ4v) is 1.47. The van der Waals surface area contributed by atoms with E-state index in [0.717, 1.165) is 0 Å². The summed E-state index contributed by atoms with van der Waals surface area (Å²) in [5.41, 5.74) is -0.648. The molecule has 1 aromatic rings. The third-order valence-electron chi connectivity index (χ3n) is 2.90. The van der Waals surface area contributed by atoms with Crippen molar-refractivity contribution >= 4 is 17.6 Å². The van der Waals surface area contributed by atoms with Crippen LogP contribution in [0.4, 0.5) is 10.1 Å². The van der Waals surface area contributed by atoms with Crippen LogP contribution in [0.25, 0.3) is 0 Å². The molecule has 0 aliphatic carbocycles. The van der Waals surface area contributed by atoms with Crippen molar-refractivity contribution in [1.29, 1.82) is 0 Å². The zero-order valence-electron chi connectivity index (χ0n) is 10.8. The Morgan fingerprint density at radius 1 is 1.33 bits per heavy atom. The van der Waals surface area contributed by atoms with Crippen molar-refractivity contribution in [3.63, 3.8) is 0 Å². The molecule has 1 aromatic carbocycles. The van der Waals surface area contributed by atoms with Gasteiger partial charge in [-0.1, -0.05) is 0 Å². The summed E-state index contributed by atoms with van der Waals surface area (Å²) in [6.45, 7) is 4.26. The average Bonchev–Trinajstić information content (AvgIpc) is 2.30. The number of hydrogen-bond donors (Lipinski definition) is 1. The van der Waals surface area contributed by atoms with Crippen molar-refractivity contribution < 1.29 is 19.1 Å². The highest BCUT2D eigenvalue weighted by Crippen LogP contribution is 2.24. The molecule has 4 nitrogen and oxygen atoms in total. The van der Waals surface area contributed by atoms with Gasteiger partial charge in [0.15, 0.2) is 0 Å². The zero-order valence-corrected chi connectivity index (χ0v) is 10.8. The normalized spacial score (nSPS) is 11.2. The molecule has 0 aliphatic heterocycles. The highest BCUT2D eigenvalue weighted by Gasteiger charge is 2.38. The molecule has 0 bridgehead atoms. The second-order valence-corrected chi connectivity index (χ2v) is 4.73. The number of amides is 1. The first-order chi connectivity index (χ1) is 8.17. The Labute approximate surface area is 105 Å². The van der Waals surface area contributed by atoms with Gasteiger partial charge in [0.05, 0.1) is 0 Å². The average molecular weight is 253 g/mol. The van der Waals surface area contributed by atoms with Gasteiger partial charge in [0, 0.05) is 12.7 Å². The number of anilines is 1. The zero-order chi connectivity index (χ0) is 14.1. The summed E-state index contributed by atoms with van der Waals surface area (Å²) in [6, 6.07) is 4.20. The topological polar surface area (TPSA) is 57.6 Å². The van der Waals surface area contributed by atoms with Gasteiger partial charge in [0.25, 0.3) is 0 Å². The number of hydrogen-bond acceptors (Lipinski definition) is 2. The molecule has 0 aromatic heterocycles. The van der Waals surface area contributed by atoms with Gasteiger partial charge in [-0.05, 0) is 44.5 Å². The molecular weight excluding hydrogens is 237 g/mol. The number of carboxylic acids is 1. The molecule has 0 fully saturated rings. The molecule has 0 saturated carbocycles.